The van der Waals surface area contributed by atoms with Crippen LogP contribution in [0.1, 0.15) is 30.1 Å². The van der Waals surface area contributed by atoms with Crippen LogP contribution in [0.4, 0.5) is 13.2 Å². The van der Waals surface area contributed by atoms with E-state index in [0.29, 0.717) is 12.1 Å². The van der Waals surface area contributed by atoms with Gasteiger partial charge in [-0.25, -0.2) is 0 Å². The largest absolute Gasteiger partial charge is 0.416 e. The zero-order chi connectivity index (χ0) is 14.8. The molecular formula is C14H19F3N2O. The van der Waals surface area contributed by atoms with Crippen molar-refractivity contribution in [2.45, 2.75) is 31.2 Å². The topological polar surface area (TPSA) is 49.5 Å². The summed E-state index contributed by atoms with van der Waals surface area (Å²) in [4.78, 5) is 2.04. The van der Waals surface area contributed by atoms with Gasteiger partial charge in [-0.15, -0.1) is 0 Å². The normalized spacial score (nSPS) is 20.1. The first-order valence-electron chi connectivity index (χ1n) is 6.69. The van der Waals surface area contributed by atoms with Gasteiger partial charge in [0.2, 0.25) is 0 Å². The quantitative estimate of drug-likeness (QED) is 0.896. The van der Waals surface area contributed by atoms with Gasteiger partial charge in [-0.05, 0) is 43.6 Å². The summed E-state index contributed by atoms with van der Waals surface area (Å²) >= 11 is 0. The first kappa shape index (κ1) is 15.3. The van der Waals surface area contributed by atoms with Gasteiger partial charge in [0.15, 0.2) is 0 Å². The summed E-state index contributed by atoms with van der Waals surface area (Å²) < 4.78 is 37.9. The van der Waals surface area contributed by atoms with Crippen LogP contribution in [0.25, 0.3) is 0 Å². The second kappa shape index (κ2) is 6.11. The number of aliphatic hydroxyl groups is 1. The van der Waals surface area contributed by atoms with Crippen molar-refractivity contribution in [1.29, 1.82) is 0 Å². The molecule has 0 radical (unpaired) electrons. The average Bonchev–Trinajstić information content (AvgIpc) is 2.40. The summed E-state index contributed by atoms with van der Waals surface area (Å²) in [6, 6.07) is 5.07. The molecule has 1 fully saturated rings. The Labute approximate surface area is 116 Å². The van der Waals surface area contributed by atoms with Crippen molar-refractivity contribution in [1.82, 2.24) is 4.90 Å². The Morgan fingerprint density at radius 3 is 2.55 bits per heavy atom. The number of nitrogens with zero attached hydrogens (tertiary/aromatic N) is 1. The van der Waals surface area contributed by atoms with Gasteiger partial charge in [0.1, 0.15) is 0 Å². The van der Waals surface area contributed by atoms with Crippen LogP contribution in [0.3, 0.4) is 0 Å². The molecule has 1 heterocycles. The lowest BCUT2D eigenvalue weighted by Crippen LogP contribution is -2.41. The molecule has 6 heteroatoms. The third-order valence-corrected chi connectivity index (χ3v) is 3.66. The van der Waals surface area contributed by atoms with Crippen LogP contribution in [-0.2, 0) is 6.18 Å². The van der Waals surface area contributed by atoms with Gasteiger partial charge in [-0.3, -0.25) is 0 Å². The number of halogens is 3. The van der Waals surface area contributed by atoms with Crippen LogP contribution in [0.2, 0.25) is 0 Å². The minimum absolute atomic E-state index is 0.192. The molecule has 0 bridgehead atoms. The fourth-order valence-electron chi connectivity index (χ4n) is 2.41. The maximum Gasteiger partial charge on any atom is 0.416 e. The van der Waals surface area contributed by atoms with E-state index in [1.807, 2.05) is 4.90 Å². The molecule has 3 N–H and O–H groups in total. The average molecular weight is 288 g/mol. The van der Waals surface area contributed by atoms with Crippen molar-refractivity contribution in [2.24, 2.45) is 5.73 Å². The minimum Gasteiger partial charge on any atom is -0.387 e. The number of likely N-dealkylation sites (tertiary alicyclic amines) is 1. The van der Waals surface area contributed by atoms with E-state index in [4.69, 9.17) is 5.73 Å². The highest BCUT2D eigenvalue weighted by molar-refractivity contribution is 5.27. The molecule has 0 spiro atoms. The Hall–Kier alpha value is -1.11. The molecule has 3 nitrogen and oxygen atoms in total. The highest BCUT2D eigenvalue weighted by Crippen LogP contribution is 2.31. The fourth-order valence-corrected chi connectivity index (χ4v) is 2.41. The molecule has 1 aromatic rings. The number of hydrogen-bond acceptors (Lipinski definition) is 3. The lowest BCUT2D eigenvalue weighted by molar-refractivity contribution is -0.137. The molecule has 0 aromatic heterocycles. The van der Waals surface area contributed by atoms with Gasteiger partial charge < -0.3 is 15.7 Å². The van der Waals surface area contributed by atoms with Crippen molar-refractivity contribution >= 4 is 0 Å². The van der Waals surface area contributed by atoms with E-state index in [2.05, 4.69) is 0 Å². The smallest absolute Gasteiger partial charge is 0.387 e. The van der Waals surface area contributed by atoms with Crippen molar-refractivity contribution in [3.63, 3.8) is 0 Å². The van der Waals surface area contributed by atoms with Crippen molar-refractivity contribution < 1.29 is 18.3 Å². The fraction of sp³-hybridized carbons (Fsp3) is 0.571. The van der Waals surface area contributed by atoms with Crippen LogP contribution in [0.5, 0.6) is 0 Å². The summed E-state index contributed by atoms with van der Waals surface area (Å²) in [5.41, 5.74) is 5.37. The van der Waals surface area contributed by atoms with Gasteiger partial charge in [0.25, 0.3) is 0 Å². The van der Waals surface area contributed by atoms with Crippen molar-refractivity contribution in [2.75, 3.05) is 19.6 Å². The molecule has 0 aliphatic carbocycles. The number of rotatable bonds is 3. The van der Waals surface area contributed by atoms with E-state index in [9.17, 15) is 18.3 Å². The molecule has 1 aromatic carbocycles. The van der Waals surface area contributed by atoms with Gasteiger partial charge >= 0.3 is 6.18 Å². The van der Waals surface area contributed by atoms with E-state index in [-0.39, 0.29) is 6.04 Å². The molecular weight excluding hydrogens is 269 g/mol. The number of nitrogens with two attached hydrogens (primary N) is 1. The maximum atomic E-state index is 12.6. The molecule has 1 unspecified atom stereocenters. The SMILES string of the molecule is NC1CCN(CC(O)c2cccc(C(F)(F)F)c2)CC1. The number of β-amino-alcohol motifs (C(OH)–C–C–N with tert-alkyl or cyclic N) is 1. The number of aliphatic hydroxyl groups excluding tert-OH is 1. The highest BCUT2D eigenvalue weighted by Gasteiger charge is 2.31. The van der Waals surface area contributed by atoms with Crippen LogP contribution >= 0.6 is 0 Å². The van der Waals surface area contributed by atoms with E-state index in [0.717, 1.165) is 38.1 Å². The first-order valence-corrected chi connectivity index (χ1v) is 6.69. The Morgan fingerprint density at radius 2 is 1.95 bits per heavy atom. The Morgan fingerprint density at radius 1 is 1.30 bits per heavy atom. The third kappa shape index (κ3) is 3.94. The molecule has 1 atom stereocenters. The van der Waals surface area contributed by atoms with E-state index < -0.39 is 17.8 Å². The van der Waals surface area contributed by atoms with Crippen LogP contribution < -0.4 is 5.73 Å². The second-order valence-electron chi connectivity index (χ2n) is 5.28. The predicted molar refractivity (Wildman–Crippen MR) is 70.1 cm³/mol. The molecule has 0 saturated carbocycles. The van der Waals surface area contributed by atoms with Crippen LogP contribution in [-0.4, -0.2) is 35.7 Å². The summed E-state index contributed by atoms with van der Waals surface area (Å²) in [5.74, 6) is 0. The lowest BCUT2D eigenvalue weighted by Gasteiger charge is -2.31. The monoisotopic (exact) mass is 288 g/mol. The van der Waals surface area contributed by atoms with Crippen LogP contribution in [0.15, 0.2) is 24.3 Å². The van der Waals surface area contributed by atoms with Crippen molar-refractivity contribution in [3.8, 4) is 0 Å². The summed E-state index contributed by atoms with van der Waals surface area (Å²) in [6.45, 7) is 1.89. The zero-order valence-corrected chi connectivity index (χ0v) is 11.1. The zero-order valence-electron chi connectivity index (χ0n) is 11.1. The van der Waals surface area contributed by atoms with Gasteiger partial charge in [-0.2, -0.15) is 13.2 Å². The van der Waals surface area contributed by atoms with E-state index in [1.165, 1.54) is 12.1 Å². The van der Waals surface area contributed by atoms with Crippen LogP contribution in [0, 0.1) is 0 Å². The molecule has 1 aliphatic rings. The number of benzene rings is 1. The van der Waals surface area contributed by atoms with Gasteiger partial charge in [0.05, 0.1) is 11.7 Å². The second-order valence-corrected chi connectivity index (χ2v) is 5.28. The molecule has 1 aliphatic heterocycles. The summed E-state index contributed by atoms with van der Waals surface area (Å²) in [7, 11) is 0. The Kier molecular flexibility index (Phi) is 4.67. The summed E-state index contributed by atoms with van der Waals surface area (Å²) in [5, 5.41) is 10.1. The number of piperidine rings is 1. The van der Waals surface area contributed by atoms with Crippen molar-refractivity contribution in [3.05, 3.63) is 35.4 Å². The molecule has 112 valence electrons. The molecule has 2 rings (SSSR count). The Bertz CT molecular complexity index is 442. The standard InChI is InChI=1S/C14H19F3N2O/c15-14(16,17)11-3-1-2-10(8-11)13(20)9-19-6-4-12(18)5-7-19/h1-3,8,12-13,20H,4-7,9,18H2. The van der Waals surface area contributed by atoms with E-state index >= 15 is 0 Å². The predicted octanol–water partition coefficient (Wildman–Crippen LogP) is 2.16. The lowest BCUT2D eigenvalue weighted by atomic mass is 10.0. The van der Waals surface area contributed by atoms with E-state index in [1.54, 1.807) is 0 Å². The molecule has 1 saturated heterocycles. The van der Waals surface area contributed by atoms with Gasteiger partial charge in [0, 0.05) is 12.6 Å². The Balaban J connectivity index is 2.00. The molecule has 20 heavy (non-hydrogen) atoms. The highest BCUT2D eigenvalue weighted by atomic mass is 19.4. The number of alkyl halides is 3. The molecule has 0 amide bonds. The van der Waals surface area contributed by atoms with Gasteiger partial charge in [-0.1, -0.05) is 12.1 Å². The first-order chi connectivity index (χ1) is 9.36. The maximum absolute atomic E-state index is 12.6. The number of hydrogen-bond donors (Lipinski definition) is 2. The third-order valence-electron chi connectivity index (χ3n) is 3.66. The summed E-state index contributed by atoms with van der Waals surface area (Å²) in [6.07, 6.45) is -3.58. The minimum atomic E-state index is -4.38.